The summed E-state index contributed by atoms with van der Waals surface area (Å²) < 4.78 is 44.0. The number of aryl methyl sites for hydroxylation is 1. The molecule has 2 N–H and O–H groups in total. The van der Waals surface area contributed by atoms with Crippen molar-refractivity contribution in [1.29, 1.82) is 0 Å². The predicted octanol–water partition coefficient (Wildman–Crippen LogP) is 1.20. The summed E-state index contributed by atoms with van der Waals surface area (Å²) in [4.78, 5) is 34.3. The molecular formula is C15H12F3N3O4. The van der Waals surface area contributed by atoms with Crippen LogP contribution in [0.2, 0.25) is 0 Å². The quantitative estimate of drug-likeness (QED) is 0.830. The van der Waals surface area contributed by atoms with Crippen LogP contribution in [-0.4, -0.2) is 28.3 Å². The molecule has 0 spiro atoms. The summed E-state index contributed by atoms with van der Waals surface area (Å²) in [6.07, 6.45) is -4.56. The molecule has 0 unspecified atom stereocenters. The van der Waals surface area contributed by atoms with Crippen molar-refractivity contribution in [1.82, 2.24) is 9.78 Å². The summed E-state index contributed by atoms with van der Waals surface area (Å²) in [7, 11) is 0. The first kappa shape index (κ1) is 18.2. The van der Waals surface area contributed by atoms with Gasteiger partial charge in [0.2, 0.25) is 11.1 Å². The van der Waals surface area contributed by atoms with Crippen LogP contribution in [-0.2, 0) is 15.7 Å². The third kappa shape index (κ3) is 4.22. The summed E-state index contributed by atoms with van der Waals surface area (Å²) >= 11 is 0. The van der Waals surface area contributed by atoms with Crippen LogP contribution in [0.1, 0.15) is 21.7 Å². The summed E-state index contributed by atoms with van der Waals surface area (Å²) in [5, 5.41) is 3.75. The Bertz CT molecular complexity index is 890. The molecule has 0 radical (unpaired) electrons. The Hall–Kier alpha value is -3.17. The van der Waals surface area contributed by atoms with E-state index in [1.165, 1.54) is 19.1 Å². The van der Waals surface area contributed by atoms with Crippen molar-refractivity contribution in [3.8, 4) is 5.69 Å². The zero-order chi connectivity index (χ0) is 18.8. The number of hydrogen-bond donors (Lipinski definition) is 1. The average Bonchev–Trinajstić information content (AvgIpc) is 2.52. The van der Waals surface area contributed by atoms with Gasteiger partial charge >= 0.3 is 12.1 Å². The van der Waals surface area contributed by atoms with Gasteiger partial charge in [0, 0.05) is 11.8 Å². The fourth-order valence-corrected chi connectivity index (χ4v) is 1.97. The van der Waals surface area contributed by atoms with E-state index >= 15 is 0 Å². The minimum Gasteiger partial charge on any atom is -0.451 e. The number of nitrogens with two attached hydrogens (primary N) is 1. The lowest BCUT2D eigenvalue weighted by molar-refractivity contribution is -0.137. The molecule has 0 bridgehead atoms. The Morgan fingerprint density at radius 1 is 1.28 bits per heavy atom. The molecular weight excluding hydrogens is 343 g/mol. The molecule has 0 fully saturated rings. The number of halogens is 3. The van der Waals surface area contributed by atoms with Gasteiger partial charge in [0.1, 0.15) is 0 Å². The maximum Gasteiger partial charge on any atom is 0.416 e. The van der Waals surface area contributed by atoms with Crippen molar-refractivity contribution < 1.29 is 27.5 Å². The number of esters is 1. The second-order valence-electron chi connectivity index (χ2n) is 5.00. The topological polar surface area (TPSA) is 104 Å². The van der Waals surface area contributed by atoms with E-state index in [0.29, 0.717) is 0 Å². The minimum absolute atomic E-state index is 0.00345. The van der Waals surface area contributed by atoms with E-state index in [-0.39, 0.29) is 11.4 Å². The van der Waals surface area contributed by atoms with Gasteiger partial charge < -0.3 is 10.5 Å². The Morgan fingerprint density at radius 3 is 2.56 bits per heavy atom. The van der Waals surface area contributed by atoms with Gasteiger partial charge in [-0.3, -0.25) is 9.59 Å². The normalized spacial score (nSPS) is 11.2. The zero-order valence-electron chi connectivity index (χ0n) is 12.8. The van der Waals surface area contributed by atoms with Gasteiger partial charge in [-0.15, -0.1) is 0 Å². The van der Waals surface area contributed by atoms with Crippen LogP contribution < -0.4 is 11.2 Å². The molecule has 1 amide bonds. The van der Waals surface area contributed by atoms with Crippen LogP contribution in [0.4, 0.5) is 13.2 Å². The molecule has 2 rings (SSSR count). The van der Waals surface area contributed by atoms with Gasteiger partial charge in [0.05, 0.1) is 11.3 Å². The van der Waals surface area contributed by atoms with Crippen LogP contribution >= 0.6 is 0 Å². The van der Waals surface area contributed by atoms with Crippen molar-refractivity contribution in [2.24, 2.45) is 5.73 Å². The molecule has 0 saturated heterocycles. The Kier molecular flexibility index (Phi) is 4.91. The van der Waals surface area contributed by atoms with E-state index in [9.17, 15) is 27.6 Å². The van der Waals surface area contributed by atoms with E-state index in [2.05, 4.69) is 9.84 Å². The molecule has 1 heterocycles. The average molecular weight is 355 g/mol. The number of aromatic nitrogens is 2. The van der Waals surface area contributed by atoms with Crippen molar-refractivity contribution in [3.05, 3.63) is 57.5 Å². The second-order valence-corrected chi connectivity index (χ2v) is 5.00. The van der Waals surface area contributed by atoms with Gasteiger partial charge in [-0.2, -0.15) is 18.3 Å². The zero-order valence-corrected chi connectivity index (χ0v) is 12.8. The van der Waals surface area contributed by atoms with Crippen LogP contribution in [0.15, 0.2) is 35.1 Å². The van der Waals surface area contributed by atoms with E-state index < -0.39 is 41.3 Å². The fraction of sp³-hybridized carbons (Fsp3) is 0.200. The number of benzene rings is 1. The van der Waals surface area contributed by atoms with Gasteiger partial charge in [-0.25, -0.2) is 9.48 Å². The van der Waals surface area contributed by atoms with E-state index in [0.717, 1.165) is 22.9 Å². The molecule has 1 aromatic carbocycles. The molecule has 0 atom stereocenters. The summed E-state index contributed by atoms with van der Waals surface area (Å²) in [5.41, 5.74) is 2.65. The van der Waals surface area contributed by atoms with Crippen molar-refractivity contribution in [3.63, 3.8) is 0 Å². The van der Waals surface area contributed by atoms with Crippen molar-refractivity contribution in [2.45, 2.75) is 13.1 Å². The lowest BCUT2D eigenvalue weighted by Crippen LogP contribution is -2.27. The SMILES string of the molecule is Cc1cc(=O)c(C(=O)OCC(N)=O)nn1-c1cccc(C(F)(F)F)c1. The number of amides is 1. The van der Waals surface area contributed by atoms with Crippen molar-refractivity contribution in [2.75, 3.05) is 6.61 Å². The summed E-state index contributed by atoms with van der Waals surface area (Å²) in [6.45, 7) is 0.685. The number of nitrogens with zero attached hydrogens (tertiary/aromatic N) is 2. The minimum atomic E-state index is -4.56. The third-order valence-electron chi connectivity index (χ3n) is 3.06. The number of rotatable bonds is 4. The number of carbonyl (C=O) groups excluding carboxylic acids is 2. The van der Waals surface area contributed by atoms with Gasteiger partial charge in [-0.05, 0) is 25.1 Å². The number of alkyl halides is 3. The highest BCUT2D eigenvalue weighted by atomic mass is 19.4. The van der Waals surface area contributed by atoms with Crippen LogP contribution in [0, 0.1) is 6.92 Å². The molecule has 0 aliphatic carbocycles. The molecule has 2 aromatic rings. The maximum atomic E-state index is 12.8. The fourth-order valence-electron chi connectivity index (χ4n) is 1.97. The van der Waals surface area contributed by atoms with Crippen LogP contribution in [0.25, 0.3) is 5.69 Å². The smallest absolute Gasteiger partial charge is 0.416 e. The summed E-state index contributed by atoms with van der Waals surface area (Å²) in [6, 6.07) is 5.22. The molecule has 7 nitrogen and oxygen atoms in total. The Labute approximate surface area is 138 Å². The van der Waals surface area contributed by atoms with E-state index in [4.69, 9.17) is 5.73 Å². The largest absolute Gasteiger partial charge is 0.451 e. The first-order valence-corrected chi connectivity index (χ1v) is 6.83. The van der Waals surface area contributed by atoms with E-state index in [1.54, 1.807) is 0 Å². The number of carbonyl (C=O) groups is 2. The van der Waals surface area contributed by atoms with E-state index in [1.807, 2.05) is 0 Å². The third-order valence-corrected chi connectivity index (χ3v) is 3.06. The molecule has 132 valence electrons. The van der Waals surface area contributed by atoms with Gasteiger partial charge in [-0.1, -0.05) is 6.07 Å². The maximum absolute atomic E-state index is 12.8. The highest BCUT2D eigenvalue weighted by Crippen LogP contribution is 2.30. The molecule has 0 aliphatic rings. The van der Waals surface area contributed by atoms with Crippen molar-refractivity contribution >= 4 is 11.9 Å². The van der Waals surface area contributed by atoms with Gasteiger partial charge in [0.15, 0.2) is 6.61 Å². The predicted molar refractivity (Wildman–Crippen MR) is 79.0 cm³/mol. The van der Waals surface area contributed by atoms with Gasteiger partial charge in [0.25, 0.3) is 5.91 Å². The highest BCUT2D eigenvalue weighted by molar-refractivity contribution is 5.89. The van der Waals surface area contributed by atoms with Crippen LogP contribution in [0.5, 0.6) is 0 Å². The first-order valence-electron chi connectivity index (χ1n) is 6.83. The standard InChI is InChI=1S/C15H12F3N3O4/c1-8-5-11(22)13(14(24)25-7-12(19)23)20-21(8)10-4-2-3-9(6-10)15(16,17)18/h2-6H,7H2,1H3,(H2,19,23). The molecule has 0 aliphatic heterocycles. The second kappa shape index (κ2) is 6.75. The Balaban J connectivity index is 2.49. The molecule has 25 heavy (non-hydrogen) atoms. The number of ether oxygens (including phenoxy) is 1. The highest BCUT2D eigenvalue weighted by Gasteiger charge is 2.30. The lowest BCUT2D eigenvalue weighted by Gasteiger charge is -2.13. The number of primary amides is 1. The monoisotopic (exact) mass is 355 g/mol. The molecule has 10 heteroatoms. The molecule has 0 saturated carbocycles. The summed E-state index contributed by atoms with van der Waals surface area (Å²) in [5.74, 6) is -2.14. The Morgan fingerprint density at radius 2 is 1.96 bits per heavy atom. The number of hydrogen-bond acceptors (Lipinski definition) is 5. The molecule has 1 aromatic heterocycles. The first-order chi connectivity index (χ1) is 11.6. The lowest BCUT2D eigenvalue weighted by atomic mass is 10.2. The van der Waals surface area contributed by atoms with Crippen LogP contribution in [0.3, 0.4) is 0 Å².